The van der Waals surface area contributed by atoms with Crippen molar-refractivity contribution in [1.82, 2.24) is 4.98 Å². The van der Waals surface area contributed by atoms with Crippen molar-refractivity contribution in [2.45, 2.75) is 40.5 Å². The molecule has 0 aliphatic carbocycles. The van der Waals surface area contributed by atoms with Gasteiger partial charge < -0.3 is 0 Å². The van der Waals surface area contributed by atoms with Gasteiger partial charge in [0.1, 0.15) is 0 Å². The maximum Gasteiger partial charge on any atom is 0.163 e. The zero-order valence-electron chi connectivity index (χ0n) is 10.0. The summed E-state index contributed by atoms with van der Waals surface area (Å²) in [6, 6.07) is 3.64. The van der Waals surface area contributed by atoms with Crippen LogP contribution in [0.5, 0.6) is 0 Å². The second-order valence-corrected chi connectivity index (χ2v) is 5.17. The van der Waals surface area contributed by atoms with Crippen LogP contribution in [0.25, 0.3) is 0 Å². The molecule has 2 heteroatoms. The minimum absolute atomic E-state index is 0.218. The van der Waals surface area contributed by atoms with Crippen LogP contribution in [0.15, 0.2) is 18.3 Å². The second-order valence-electron chi connectivity index (χ2n) is 5.17. The molecule has 0 bridgehead atoms. The van der Waals surface area contributed by atoms with Crippen LogP contribution >= 0.6 is 0 Å². The van der Waals surface area contributed by atoms with Crippen LogP contribution in [-0.2, 0) is 0 Å². The number of ketones is 1. The highest BCUT2D eigenvalue weighted by Crippen LogP contribution is 2.21. The Kier molecular flexibility index (Phi) is 3.61. The normalized spacial score (nSPS) is 11.5. The van der Waals surface area contributed by atoms with E-state index in [0.717, 1.165) is 17.7 Å². The summed E-state index contributed by atoms with van der Waals surface area (Å²) >= 11 is 0. The molecule has 0 radical (unpaired) electrons. The number of carbonyl (C=O) groups excluding carboxylic acids is 1. The number of aromatic nitrogens is 1. The number of hydrogen-bond acceptors (Lipinski definition) is 2. The average Bonchev–Trinajstić information content (AvgIpc) is 2.13. The highest BCUT2D eigenvalue weighted by Gasteiger charge is 2.14. The molecule has 0 fully saturated rings. The lowest BCUT2D eigenvalue weighted by atomic mass is 9.88. The molecule has 2 nitrogen and oxygen atoms in total. The Morgan fingerprint density at radius 3 is 2.60 bits per heavy atom. The number of hydrogen-bond donors (Lipinski definition) is 0. The molecule has 0 amide bonds. The summed E-state index contributed by atoms with van der Waals surface area (Å²) < 4.78 is 0. The van der Waals surface area contributed by atoms with Gasteiger partial charge in [-0.15, -0.1) is 0 Å². The Morgan fingerprint density at radius 2 is 2.07 bits per heavy atom. The molecular weight excluding hydrogens is 186 g/mol. The fourth-order valence-corrected chi connectivity index (χ4v) is 1.35. The molecule has 1 aromatic rings. The number of pyridine rings is 1. The molecular formula is C13H19NO. The van der Waals surface area contributed by atoms with Gasteiger partial charge in [0.05, 0.1) is 0 Å². The van der Waals surface area contributed by atoms with Crippen molar-refractivity contribution in [3.63, 3.8) is 0 Å². The smallest absolute Gasteiger partial charge is 0.163 e. The Morgan fingerprint density at radius 1 is 1.40 bits per heavy atom. The van der Waals surface area contributed by atoms with Crippen molar-refractivity contribution in [2.24, 2.45) is 5.41 Å². The SMILES string of the molecule is Cc1cc(C(=O)CCC(C)(C)C)ccn1. The summed E-state index contributed by atoms with van der Waals surface area (Å²) in [4.78, 5) is 15.9. The summed E-state index contributed by atoms with van der Waals surface area (Å²) in [7, 11) is 0. The first kappa shape index (κ1) is 11.9. The Labute approximate surface area is 91.7 Å². The van der Waals surface area contributed by atoms with E-state index in [1.54, 1.807) is 12.3 Å². The van der Waals surface area contributed by atoms with Gasteiger partial charge in [-0.2, -0.15) is 0 Å². The first-order chi connectivity index (χ1) is 6.88. The van der Waals surface area contributed by atoms with Gasteiger partial charge in [-0.25, -0.2) is 0 Å². The molecule has 0 saturated heterocycles. The lowest BCUT2D eigenvalue weighted by Gasteiger charge is -2.16. The van der Waals surface area contributed by atoms with Gasteiger partial charge >= 0.3 is 0 Å². The van der Waals surface area contributed by atoms with Gasteiger partial charge in [0.2, 0.25) is 0 Å². The Balaban J connectivity index is 2.62. The summed E-state index contributed by atoms with van der Waals surface area (Å²) in [6.45, 7) is 8.36. The van der Waals surface area contributed by atoms with E-state index in [2.05, 4.69) is 25.8 Å². The molecule has 0 N–H and O–H groups in total. The van der Waals surface area contributed by atoms with E-state index in [0.29, 0.717) is 6.42 Å². The Hall–Kier alpha value is -1.18. The Bertz CT molecular complexity index is 350. The topological polar surface area (TPSA) is 30.0 Å². The van der Waals surface area contributed by atoms with E-state index in [4.69, 9.17) is 0 Å². The third-order valence-electron chi connectivity index (χ3n) is 2.32. The predicted octanol–water partition coefficient (Wildman–Crippen LogP) is 3.40. The lowest BCUT2D eigenvalue weighted by molar-refractivity contribution is 0.0966. The van der Waals surface area contributed by atoms with Crippen LogP contribution in [0.1, 0.15) is 49.7 Å². The summed E-state index contributed by atoms with van der Waals surface area (Å²) in [5.74, 6) is 0.218. The van der Waals surface area contributed by atoms with E-state index >= 15 is 0 Å². The van der Waals surface area contributed by atoms with Gasteiger partial charge in [0.25, 0.3) is 0 Å². The molecule has 15 heavy (non-hydrogen) atoms. The second kappa shape index (κ2) is 4.56. The highest BCUT2D eigenvalue weighted by atomic mass is 16.1. The number of Topliss-reactive ketones (excluding diaryl/α,β-unsaturated/α-hetero) is 1. The molecule has 82 valence electrons. The van der Waals surface area contributed by atoms with Crippen LogP contribution in [0.3, 0.4) is 0 Å². The van der Waals surface area contributed by atoms with Gasteiger partial charge in [-0.1, -0.05) is 20.8 Å². The van der Waals surface area contributed by atoms with Crippen LogP contribution < -0.4 is 0 Å². The molecule has 1 heterocycles. The van der Waals surface area contributed by atoms with Gasteiger partial charge in [-0.05, 0) is 30.9 Å². The standard InChI is InChI=1S/C13H19NO/c1-10-9-11(6-8-14-10)12(15)5-7-13(2,3)4/h6,8-9H,5,7H2,1-4H3. The largest absolute Gasteiger partial charge is 0.294 e. The number of aryl methyl sites for hydroxylation is 1. The minimum Gasteiger partial charge on any atom is -0.294 e. The van der Waals surface area contributed by atoms with Crippen molar-refractivity contribution in [2.75, 3.05) is 0 Å². The average molecular weight is 205 g/mol. The third-order valence-corrected chi connectivity index (χ3v) is 2.32. The maximum absolute atomic E-state index is 11.8. The fraction of sp³-hybridized carbons (Fsp3) is 0.538. The van der Waals surface area contributed by atoms with Crippen LogP contribution in [0.2, 0.25) is 0 Å². The van der Waals surface area contributed by atoms with Gasteiger partial charge in [0, 0.05) is 23.9 Å². The number of rotatable bonds is 3. The van der Waals surface area contributed by atoms with Crippen LogP contribution in [0.4, 0.5) is 0 Å². The first-order valence-corrected chi connectivity index (χ1v) is 5.34. The zero-order chi connectivity index (χ0) is 11.5. The first-order valence-electron chi connectivity index (χ1n) is 5.34. The molecule has 0 spiro atoms. The molecule has 0 unspecified atom stereocenters. The molecule has 0 aromatic carbocycles. The van der Waals surface area contributed by atoms with Crippen molar-refractivity contribution in [1.29, 1.82) is 0 Å². The molecule has 1 aromatic heterocycles. The number of nitrogens with zero attached hydrogens (tertiary/aromatic N) is 1. The molecule has 0 atom stereocenters. The van der Waals surface area contributed by atoms with E-state index < -0.39 is 0 Å². The lowest BCUT2D eigenvalue weighted by Crippen LogP contribution is -2.09. The molecule has 1 rings (SSSR count). The summed E-state index contributed by atoms with van der Waals surface area (Å²) in [5.41, 5.74) is 1.90. The monoisotopic (exact) mass is 205 g/mol. The number of carbonyl (C=O) groups is 1. The summed E-state index contributed by atoms with van der Waals surface area (Å²) in [5, 5.41) is 0. The maximum atomic E-state index is 11.8. The van der Waals surface area contributed by atoms with Crippen molar-refractivity contribution in [3.05, 3.63) is 29.6 Å². The quantitative estimate of drug-likeness (QED) is 0.708. The summed E-state index contributed by atoms with van der Waals surface area (Å²) in [6.07, 6.45) is 3.24. The van der Waals surface area contributed by atoms with E-state index in [9.17, 15) is 4.79 Å². The van der Waals surface area contributed by atoms with E-state index in [-0.39, 0.29) is 11.2 Å². The zero-order valence-corrected chi connectivity index (χ0v) is 10.0. The van der Waals surface area contributed by atoms with E-state index in [1.807, 2.05) is 13.0 Å². The highest BCUT2D eigenvalue weighted by molar-refractivity contribution is 5.96. The minimum atomic E-state index is 0.218. The van der Waals surface area contributed by atoms with Gasteiger partial charge in [0.15, 0.2) is 5.78 Å². The van der Waals surface area contributed by atoms with Crippen molar-refractivity contribution in [3.8, 4) is 0 Å². The fourth-order valence-electron chi connectivity index (χ4n) is 1.35. The van der Waals surface area contributed by atoms with E-state index in [1.165, 1.54) is 0 Å². The van der Waals surface area contributed by atoms with Crippen molar-refractivity contribution >= 4 is 5.78 Å². The molecule has 0 aliphatic rings. The predicted molar refractivity (Wildman–Crippen MR) is 62.0 cm³/mol. The van der Waals surface area contributed by atoms with Crippen LogP contribution in [0, 0.1) is 12.3 Å². The van der Waals surface area contributed by atoms with Crippen molar-refractivity contribution < 1.29 is 4.79 Å². The van der Waals surface area contributed by atoms with Gasteiger partial charge in [-0.3, -0.25) is 9.78 Å². The molecule has 0 saturated carbocycles. The van der Waals surface area contributed by atoms with Crippen LogP contribution in [-0.4, -0.2) is 10.8 Å². The molecule has 0 aliphatic heterocycles. The third kappa shape index (κ3) is 4.24.